The van der Waals surface area contributed by atoms with Gasteiger partial charge in [0.1, 0.15) is 0 Å². The normalized spacial score (nSPS) is 15.1. The fourth-order valence-corrected chi connectivity index (χ4v) is 4.85. The Labute approximate surface area is 184 Å². The highest BCUT2D eigenvalue weighted by atomic mass is 35.5. The lowest BCUT2D eigenvalue weighted by Gasteiger charge is -2.35. The summed E-state index contributed by atoms with van der Waals surface area (Å²) in [5.74, 6) is -0.0499. The summed E-state index contributed by atoms with van der Waals surface area (Å²) in [6, 6.07) is 18.2. The Kier molecular flexibility index (Phi) is 9.26. The monoisotopic (exact) mass is 453 g/mol. The number of sulfonamides is 1. The van der Waals surface area contributed by atoms with Gasteiger partial charge in [-0.25, -0.2) is 8.42 Å². The highest BCUT2D eigenvalue weighted by Crippen LogP contribution is 2.17. The van der Waals surface area contributed by atoms with Gasteiger partial charge in [0.05, 0.1) is 18.0 Å². The van der Waals surface area contributed by atoms with E-state index in [1.807, 2.05) is 35.2 Å². The third kappa shape index (κ3) is 6.26. The Hall–Kier alpha value is -1.97. The number of aliphatic hydroxyl groups excluding tert-OH is 1. The van der Waals surface area contributed by atoms with E-state index in [4.69, 9.17) is 0 Å². The molecule has 1 heterocycles. The number of piperazine rings is 1. The van der Waals surface area contributed by atoms with E-state index in [2.05, 4.69) is 0 Å². The van der Waals surface area contributed by atoms with Crippen LogP contribution in [0.15, 0.2) is 65.6 Å². The Bertz CT molecular complexity index is 889. The van der Waals surface area contributed by atoms with Gasteiger partial charge < -0.3 is 10.0 Å². The topological polar surface area (TPSA) is 81.2 Å². The molecule has 0 aromatic heterocycles. The molecule has 7 nitrogen and oxygen atoms in total. The second-order valence-electron chi connectivity index (χ2n) is 7.02. The zero-order valence-electron chi connectivity index (χ0n) is 16.8. The molecule has 0 bridgehead atoms. The first kappa shape index (κ1) is 24.3. The average Bonchev–Trinajstić information content (AvgIpc) is 2.75. The molecule has 0 saturated carbocycles. The van der Waals surface area contributed by atoms with Gasteiger partial charge in [-0.15, -0.1) is 12.4 Å². The van der Waals surface area contributed by atoms with Crippen molar-refractivity contribution in [1.82, 2.24) is 14.1 Å². The Morgan fingerprint density at radius 1 is 0.933 bits per heavy atom. The van der Waals surface area contributed by atoms with Crippen LogP contribution in [0, 0.1) is 0 Å². The van der Waals surface area contributed by atoms with E-state index < -0.39 is 10.0 Å². The lowest BCUT2D eigenvalue weighted by atomic mass is 10.2. The molecule has 0 unspecified atom stereocenters. The van der Waals surface area contributed by atoms with Crippen molar-refractivity contribution in [1.29, 1.82) is 0 Å². The number of benzene rings is 2. The summed E-state index contributed by atoms with van der Waals surface area (Å²) in [6.45, 7) is 2.44. The molecule has 3 rings (SSSR count). The molecule has 1 amide bonds. The van der Waals surface area contributed by atoms with Gasteiger partial charge in [0, 0.05) is 39.3 Å². The second kappa shape index (κ2) is 11.4. The van der Waals surface area contributed by atoms with Gasteiger partial charge in [0.25, 0.3) is 0 Å². The third-order valence-electron chi connectivity index (χ3n) is 5.00. The third-order valence-corrected chi connectivity index (χ3v) is 6.91. The number of rotatable bonds is 8. The maximum Gasteiger partial charge on any atom is 0.243 e. The van der Waals surface area contributed by atoms with Gasteiger partial charge >= 0.3 is 0 Å². The van der Waals surface area contributed by atoms with E-state index >= 15 is 0 Å². The largest absolute Gasteiger partial charge is 0.395 e. The van der Waals surface area contributed by atoms with E-state index in [1.54, 1.807) is 35.2 Å². The maximum atomic E-state index is 12.7. The van der Waals surface area contributed by atoms with E-state index in [0.29, 0.717) is 26.2 Å². The van der Waals surface area contributed by atoms with E-state index in [1.165, 1.54) is 4.31 Å². The van der Waals surface area contributed by atoms with Crippen LogP contribution in [0.25, 0.3) is 0 Å². The minimum Gasteiger partial charge on any atom is -0.395 e. The average molecular weight is 454 g/mol. The minimum atomic E-state index is -3.53. The minimum absolute atomic E-state index is 0. The molecule has 0 aliphatic carbocycles. The second-order valence-corrected chi connectivity index (χ2v) is 8.96. The molecule has 164 valence electrons. The molecule has 30 heavy (non-hydrogen) atoms. The summed E-state index contributed by atoms with van der Waals surface area (Å²) in [5.41, 5.74) is 1.08. The number of aliphatic hydroxyl groups is 1. The van der Waals surface area contributed by atoms with Crippen LogP contribution < -0.4 is 0 Å². The van der Waals surface area contributed by atoms with Crippen LogP contribution >= 0.6 is 12.4 Å². The molecule has 0 spiro atoms. The first-order valence-corrected chi connectivity index (χ1v) is 11.1. The first-order valence-electron chi connectivity index (χ1n) is 9.71. The van der Waals surface area contributed by atoms with Crippen LogP contribution in [0.4, 0.5) is 0 Å². The Balaban J connectivity index is 0.00000320. The van der Waals surface area contributed by atoms with E-state index in [0.717, 1.165) is 5.56 Å². The van der Waals surface area contributed by atoms with Gasteiger partial charge in [-0.3, -0.25) is 9.69 Å². The molecular weight excluding hydrogens is 426 g/mol. The van der Waals surface area contributed by atoms with E-state index in [9.17, 15) is 18.3 Å². The number of carbonyl (C=O) groups is 1. The number of hydrogen-bond donors (Lipinski definition) is 1. The Morgan fingerprint density at radius 3 is 2.07 bits per heavy atom. The molecule has 2 aromatic rings. The number of nitrogens with zero attached hydrogens (tertiary/aromatic N) is 3. The first-order chi connectivity index (χ1) is 14.0. The van der Waals surface area contributed by atoms with Crippen LogP contribution in [0.5, 0.6) is 0 Å². The van der Waals surface area contributed by atoms with Gasteiger partial charge in [0.15, 0.2) is 0 Å². The van der Waals surface area contributed by atoms with Crippen molar-refractivity contribution in [3.63, 3.8) is 0 Å². The molecule has 1 fully saturated rings. The van der Waals surface area contributed by atoms with Gasteiger partial charge in [0.2, 0.25) is 15.9 Å². The Morgan fingerprint density at radius 2 is 1.50 bits per heavy atom. The lowest BCUT2D eigenvalue weighted by Crippen LogP contribution is -2.52. The van der Waals surface area contributed by atoms with E-state index in [-0.39, 0.29) is 49.5 Å². The maximum absolute atomic E-state index is 12.7. The summed E-state index contributed by atoms with van der Waals surface area (Å²) in [5, 5.41) is 9.33. The molecule has 1 aliphatic heterocycles. The van der Waals surface area contributed by atoms with Crippen LogP contribution in [0.3, 0.4) is 0 Å². The predicted molar refractivity (Wildman–Crippen MR) is 118 cm³/mol. The number of carbonyl (C=O) groups excluding carboxylic acids is 1. The van der Waals surface area contributed by atoms with Gasteiger partial charge in [-0.1, -0.05) is 48.5 Å². The fraction of sp³-hybridized carbons (Fsp3) is 0.381. The zero-order chi connectivity index (χ0) is 20.7. The molecule has 2 aromatic carbocycles. The fourth-order valence-electron chi connectivity index (χ4n) is 3.41. The van der Waals surface area contributed by atoms with Gasteiger partial charge in [-0.05, 0) is 17.7 Å². The molecule has 1 N–H and O–H groups in total. The zero-order valence-corrected chi connectivity index (χ0v) is 18.4. The molecule has 0 atom stereocenters. The van der Waals surface area contributed by atoms with Crippen molar-refractivity contribution in [2.45, 2.75) is 11.4 Å². The highest BCUT2D eigenvalue weighted by molar-refractivity contribution is 7.89. The lowest BCUT2D eigenvalue weighted by molar-refractivity contribution is -0.133. The standard InChI is InChI=1S/C21H27N3O4S.ClH/c25-16-15-22(17-19-7-3-1-4-8-19)18-21(26)23-11-13-24(14-12-23)29(27,28)20-9-5-2-6-10-20;/h1-10,25H,11-18H2;1H. The summed E-state index contributed by atoms with van der Waals surface area (Å²) in [7, 11) is -3.53. The smallest absolute Gasteiger partial charge is 0.243 e. The SMILES string of the molecule is Cl.O=C(CN(CCO)Cc1ccccc1)N1CCN(S(=O)(=O)c2ccccc2)CC1. The molecule has 9 heteroatoms. The van der Waals surface area contributed by atoms with Crippen molar-refractivity contribution in [2.75, 3.05) is 45.9 Å². The quantitative estimate of drug-likeness (QED) is 0.654. The van der Waals surface area contributed by atoms with Crippen LogP contribution in [-0.2, 0) is 21.4 Å². The summed E-state index contributed by atoms with van der Waals surface area (Å²) in [4.78, 5) is 16.6. The summed E-state index contributed by atoms with van der Waals surface area (Å²) < 4.78 is 26.9. The van der Waals surface area contributed by atoms with Crippen LogP contribution in [0.1, 0.15) is 5.56 Å². The molecule has 0 radical (unpaired) electrons. The molecule has 1 saturated heterocycles. The van der Waals surface area contributed by atoms with Gasteiger partial charge in [-0.2, -0.15) is 4.31 Å². The molecular formula is C21H28ClN3O4S. The van der Waals surface area contributed by atoms with Crippen molar-refractivity contribution in [2.24, 2.45) is 0 Å². The number of amides is 1. The highest BCUT2D eigenvalue weighted by Gasteiger charge is 2.30. The summed E-state index contributed by atoms with van der Waals surface area (Å²) >= 11 is 0. The van der Waals surface area contributed by atoms with Crippen molar-refractivity contribution in [3.05, 3.63) is 66.2 Å². The summed E-state index contributed by atoms with van der Waals surface area (Å²) in [6.07, 6.45) is 0. The van der Waals surface area contributed by atoms with Crippen LogP contribution in [0.2, 0.25) is 0 Å². The van der Waals surface area contributed by atoms with Crippen molar-refractivity contribution >= 4 is 28.3 Å². The predicted octanol–water partition coefficient (Wildman–Crippen LogP) is 1.44. The van der Waals surface area contributed by atoms with Crippen molar-refractivity contribution < 1.29 is 18.3 Å². The van der Waals surface area contributed by atoms with Crippen molar-refractivity contribution in [3.8, 4) is 0 Å². The number of halogens is 1. The number of hydrogen-bond acceptors (Lipinski definition) is 5. The molecule has 1 aliphatic rings. The van der Waals surface area contributed by atoms with Crippen LogP contribution in [-0.4, -0.2) is 79.4 Å².